The number of amides is 1. The number of carbonyl (C=O) groups is 2. The second kappa shape index (κ2) is 9.21. The molecule has 1 aliphatic heterocycles. The third kappa shape index (κ3) is 5.69. The van der Waals surface area contributed by atoms with Crippen molar-refractivity contribution in [1.82, 2.24) is 15.6 Å². The van der Waals surface area contributed by atoms with E-state index in [1.54, 1.807) is 58.8 Å². The number of nitrogens with one attached hydrogen (secondary N) is 2. The predicted molar refractivity (Wildman–Crippen MR) is 129 cm³/mol. The number of Topliss-reactive ketones (excluding diaryl/α,β-unsaturated/α-hetero) is 1. The summed E-state index contributed by atoms with van der Waals surface area (Å²) in [5, 5.41) is 6.45. The zero-order valence-electron chi connectivity index (χ0n) is 20.2. The molecule has 1 atom stereocenters. The van der Waals surface area contributed by atoms with Gasteiger partial charge >= 0.3 is 6.09 Å². The first-order valence-electron chi connectivity index (χ1n) is 10.8. The summed E-state index contributed by atoms with van der Waals surface area (Å²) in [6, 6.07) is 4.43. The third-order valence-corrected chi connectivity index (χ3v) is 5.21. The summed E-state index contributed by atoms with van der Waals surface area (Å²) < 4.78 is 19.6. The van der Waals surface area contributed by atoms with Gasteiger partial charge in [0.2, 0.25) is 5.78 Å². The molecule has 8 heteroatoms. The van der Waals surface area contributed by atoms with Gasteiger partial charge in [-0.2, -0.15) is 0 Å². The Hall–Kier alpha value is -3.42. The van der Waals surface area contributed by atoms with Crippen LogP contribution in [0.4, 0.5) is 14.9 Å². The number of aryl methyl sites for hydroxylation is 1. The Labute approximate surface area is 193 Å². The Morgan fingerprint density at radius 1 is 1.21 bits per heavy atom. The lowest BCUT2D eigenvalue weighted by Gasteiger charge is -2.23. The molecule has 0 fully saturated rings. The Bertz CT molecular complexity index is 1160. The number of dihydropyridines is 1. The van der Waals surface area contributed by atoms with Crippen molar-refractivity contribution in [3.8, 4) is 0 Å². The molecule has 2 N–H and O–H groups in total. The molecule has 2 aromatic rings. The minimum atomic E-state index is -0.742. The molecule has 1 aromatic carbocycles. The summed E-state index contributed by atoms with van der Waals surface area (Å²) in [5.74, 6) is -0.534. The van der Waals surface area contributed by atoms with Gasteiger partial charge < -0.3 is 20.3 Å². The normalized spacial score (nSPS) is 14.7. The Kier molecular flexibility index (Phi) is 6.76. The van der Waals surface area contributed by atoms with Crippen LogP contribution in [0, 0.1) is 12.7 Å². The van der Waals surface area contributed by atoms with Gasteiger partial charge in [0.15, 0.2) is 0 Å². The molecule has 0 saturated carbocycles. The SMILES string of the molecule is Cc1cc(C2=CC=C(C(=O)C(C)NC(=O)OC(C)(C)C)NC2)nc2cc(N(C)C)c(F)cc12. The zero-order chi connectivity index (χ0) is 24.5. The summed E-state index contributed by atoms with van der Waals surface area (Å²) >= 11 is 0. The van der Waals surface area contributed by atoms with E-state index in [1.165, 1.54) is 6.07 Å². The van der Waals surface area contributed by atoms with Crippen molar-refractivity contribution in [1.29, 1.82) is 0 Å². The number of allylic oxidation sites excluding steroid dienone is 2. The van der Waals surface area contributed by atoms with Crippen molar-refractivity contribution in [3.63, 3.8) is 0 Å². The molecule has 33 heavy (non-hydrogen) atoms. The molecule has 1 amide bonds. The van der Waals surface area contributed by atoms with Gasteiger partial charge in [0, 0.05) is 26.0 Å². The van der Waals surface area contributed by atoms with E-state index in [2.05, 4.69) is 10.6 Å². The van der Waals surface area contributed by atoms with Crippen LogP contribution in [0.15, 0.2) is 36.0 Å². The molecular weight excluding hydrogens is 423 g/mol. The Balaban J connectivity index is 1.81. The van der Waals surface area contributed by atoms with Crippen molar-refractivity contribution in [3.05, 3.63) is 53.1 Å². The maximum atomic E-state index is 14.4. The molecule has 0 bridgehead atoms. The number of halogens is 1. The van der Waals surface area contributed by atoms with Crippen LogP contribution in [0.2, 0.25) is 0 Å². The van der Waals surface area contributed by atoms with Crippen molar-refractivity contribution in [2.45, 2.75) is 46.3 Å². The Morgan fingerprint density at radius 3 is 2.48 bits per heavy atom. The number of pyridine rings is 1. The first-order valence-corrected chi connectivity index (χ1v) is 10.8. The summed E-state index contributed by atoms with van der Waals surface area (Å²) in [6.07, 6.45) is 2.89. The molecule has 2 heterocycles. The number of ketones is 1. The highest BCUT2D eigenvalue weighted by Crippen LogP contribution is 2.28. The minimum Gasteiger partial charge on any atom is -0.444 e. The number of nitrogens with zero attached hydrogens (tertiary/aromatic N) is 2. The lowest BCUT2D eigenvalue weighted by atomic mass is 10.0. The van der Waals surface area contributed by atoms with Gasteiger partial charge in [-0.15, -0.1) is 0 Å². The number of alkyl carbamates (subject to hydrolysis) is 1. The fourth-order valence-electron chi connectivity index (χ4n) is 3.53. The summed E-state index contributed by atoms with van der Waals surface area (Å²) in [5.41, 5.74) is 3.51. The van der Waals surface area contributed by atoms with Gasteiger partial charge in [-0.1, -0.05) is 6.08 Å². The van der Waals surface area contributed by atoms with Crippen LogP contribution in [0.5, 0.6) is 0 Å². The van der Waals surface area contributed by atoms with E-state index >= 15 is 0 Å². The number of benzene rings is 1. The highest BCUT2D eigenvalue weighted by atomic mass is 19.1. The number of fused-ring (bicyclic) bond motifs is 1. The summed E-state index contributed by atoms with van der Waals surface area (Å²) in [6.45, 7) is 9.22. The van der Waals surface area contributed by atoms with E-state index in [0.29, 0.717) is 23.4 Å². The zero-order valence-corrected chi connectivity index (χ0v) is 20.2. The molecule has 0 spiro atoms. The molecule has 1 aromatic heterocycles. The van der Waals surface area contributed by atoms with Gasteiger partial charge in [-0.05, 0) is 70.0 Å². The quantitative estimate of drug-likeness (QED) is 0.708. The second-order valence-corrected chi connectivity index (χ2v) is 9.40. The molecule has 7 nitrogen and oxygen atoms in total. The van der Waals surface area contributed by atoms with E-state index in [1.807, 2.05) is 19.1 Å². The molecule has 3 rings (SSSR count). The van der Waals surface area contributed by atoms with Crippen LogP contribution in [-0.4, -0.2) is 49.1 Å². The number of rotatable bonds is 5. The van der Waals surface area contributed by atoms with Crippen LogP contribution in [0.1, 0.15) is 39.0 Å². The number of aromatic nitrogens is 1. The fourth-order valence-corrected chi connectivity index (χ4v) is 3.53. The molecular formula is C25H31FN4O3. The lowest BCUT2D eigenvalue weighted by molar-refractivity contribution is -0.117. The average Bonchev–Trinajstić information content (AvgIpc) is 2.71. The largest absolute Gasteiger partial charge is 0.444 e. The van der Waals surface area contributed by atoms with Crippen LogP contribution in [-0.2, 0) is 9.53 Å². The van der Waals surface area contributed by atoms with Crippen LogP contribution in [0.25, 0.3) is 16.5 Å². The van der Waals surface area contributed by atoms with Crippen LogP contribution >= 0.6 is 0 Å². The number of hydrogen-bond acceptors (Lipinski definition) is 6. The molecule has 1 aliphatic rings. The lowest BCUT2D eigenvalue weighted by Crippen LogP contribution is -2.44. The number of anilines is 1. The average molecular weight is 455 g/mol. The first-order chi connectivity index (χ1) is 15.4. The van der Waals surface area contributed by atoms with Crippen molar-refractivity contribution >= 4 is 34.0 Å². The highest BCUT2D eigenvalue weighted by Gasteiger charge is 2.24. The maximum Gasteiger partial charge on any atom is 0.408 e. The van der Waals surface area contributed by atoms with Gasteiger partial charge in [-0.25, -0.2) is 14.2 Å². The molecule has 1 unspecified atom stereocenters. The maximum absolute atomic E-state index is 14.4. The third-order valence-electron chi connectivity index (χ3n) is 5.21. The van der Waals surface area contributed by atoms with E-state index in [0.717, 1.165) is 22.2 Å². The van der Waals surface area contributed by atoms with E-state index in [9.17, 15) is 14.0 Å². The monoisotopic (exact) mass is 454 g/mol. The van der Waals surface area contributed by atoms with Gasteiger partial charge in [0.05, 0.1) is 28.6 Å². The highest BCUT2D eigenvalue weighted by molar-refractivity contribution is 6.01. The standard InChI is InChI=1S/C25H31FN4O3/c1-14-10-20(29-21-12-22(30(6)7)18(26)11-17(14)21)16-8-9-19(27-13-16)23(31)15(2)28-24(32)33-25(3,4)5/h8-12,15,27H,13H2,1-7H3,(H,28,32). The van der Waals surface area contributed by atoms with E-state index in [4.69, 9.17) is 9.72 Å². The molecule has 0 radical (unpaired) electrons. The number of carbonyl (C=O) groups excluding carboxylic acids is 2. The molecule has 0 aliphatic carbocycles. The number of ether oxygens (including phenoxy) is 1. The smallest absolute Gasteiger partial charge is 0.408 e. The predicted octanol–water partition coefficient (Wildman–Crippen LogP) is 4.10. The topological polar surface area (TPSA) is 83.6 Å². The van der Waals surface area contributed by atoms with E-state index in [-0.39, 0.29) is 11.6 Å². The van der Waals surface area contributed by atoms with Gasteiger partial charge in [-0.3, -0.25) is 4.79 Å². The Morgan fingerprint density at radius 2 is 1.91 bits per heavy atom. The van der Waals surface area contributed by atoms with Gasteiger partial charge in [0.25, 0.3) is 0 Å². The van der Waals surface area contributed by atoms with Crippen LogP contribution in [0.3, 0.4) is 0 Å². The molecule has 176 valence electrons. The first kappa shape index (κ1) is 24.2. The summed E-state index contributed by atoms with van der Waals surface area (Å²) in [4.78, 5) is 31.1. The van der Waals surface area contributed by atoms with Crippen molar-refractivity contribution < 1.29 is 18.7 Å². The second-order valence-electron chi connectivity index (χ2n) is 9.40. The van der Waals surface area contributed by atoms with E-state index < -0.39 is 17.7 Å². The van der Waals surface area contributed by atoms with Gasteiger partial charge in [0.1, 0.15) is 11.4 Å². The minimum absolute atomic E-state index is 0.245. The molecule has 0 saturated heterocycles. The number of hydrogen-bond donors (Lipinski definition) is 2. The van der Waals surface area contributed by atoms with Crippen molar-refractivity contribution in [2.24, 2.45) is 0 Å². The summed E-state index contributed by atoms with van der Waals surface area (Å²) in [7, 11) is 3.58. The van der Waals surface area contributed by atoms with Crippen molar-refractivity contribution in [2.75, 3.05) is 25.5 Å². The fraction of sp³-hybridized carbons (Fsp3) is 0.400. The van der Waals surface area contributed by atoms with Crippen LogP contribution < -0.4 is 15.5 Å².